The molecular weight excluding hydrogens is 374 g/mol. The van der Waals surface area contributed by atoms with Crippen molar-refractivity contribution in [1.82, 2.24) is 9.97 Å². The molecular formula is C21H15N3O3S. The lowest BCUT2D eigenvalue weighted by atomic mass is 10.2. The number of thioether (sulfide) groups is 1. The van der Waals surface area contributed by atoms with Gasteiger partial charge in [0.05, 0.1) is 5.56 Å². The maximum absolute atomic E-state index is 12.8. The number of nitrogens with zero attached hydrogens (tertiary/aromatic N) is 2. The molecule has 0 atom stereocenters. The molecule has 0 aliphatic rings. The van der Waals surface area contributed by atoms with Crippen LogP contribution in [-0.4, -0.2) is 15.9 Å². The molecule has 4 rings (SSSR count). The van der Waals surface area contributed by atoms with Crippen LogP contribution in [0.5, 0.6) is 0 Å². The Morgan fingerprint density at radius 2 is 1.89 bits per heavy atom. The first-order valence-corrected chi connectivity index (χ1v) is 9.49. The Kier molecular flexibility index (Phi) is 5.16. The molecule has 7 heteroatoms. The summed E-state index contributed by atoms with van der Waals surface area (Å²) in [6.07, 6.45) is 5.15. The summed E-state index contributed by atoms with van der Waals surface area (Å²) in [6.45, 7) is 0. The quantitative estimate of drug-likeness (QED) is 0.408. The summed E-state index contributed by atoms with van der Waals surface area (Å²) < 4.78 is 5.11. The van der Waals surface area contributed by atoms with Crippen molar-refractivity contribution in [2.24, 2.45) is 0 Å². The van der Waals surface area contributed by atoms with Crippen molar-refractivity contribution in [2.45, 2.75) is 10.8 Å². The highest BCUT2D eigenvalue weighted by Gasteiger charge is 2.13. The maximum Gasteiger partial charge on any atom is 0.336 e. The van der Waals surface area contributed by atoms with Gasteiger partial charge < -0.3 is 9.73 Å². The van der Waals surface area contributed by atoms with E-state index in [-0.39, 0.29) is 5.91 Å². The number of rotatable bonds is 5. The van der Waals surface area contributed by atoms with Crippen LogP contribution in [0.3, 0.4) is 0 Å². The molecule has 138 valence electrons. The van der Waals surface area contributed by atoms with Gasteiger partial charge in [0, 0.05) is 41.5 Å². The molecule has 0 spiro atoms. The molecule has 1 aromatic carbocycles. The van der Waals surface area contributed by atoms with Gasteiger partial charge in [-0.3, -0.25) is 9.78 Å². The molecule has 4 aromatic rings. The maximum atomic E-state index is 12.8. The minimum absolute atomic E-state index is 0.248. The number of hydrogen-bond donors (Lipinski definition) is 1. The van der Waals surface area contributed by atoms with Crippen LogP contribution in [0.4, 0.5) is 5.69 Å². The van der Waals surface area contributed by atoms with Crippen LogP contribution in [0.2, 0.25) is 0 Å². The minimum Gasteiger partial charge on any atom is -0.423 e. The van der Waals surface area contributed by atoms with Crippen molar-refractivity contribution >= 4 is 34.3 Å². The Balaban J connectivity index is 1.53. The molecule has 28 heavy (non-hydrogen) atoms. The Morgan fingerprint density at radius 3 is 2.75 bits per heavy atom. The molecule has 0 bridgehead atoms. The number of anilines is 1. The number of carbonyl (C=O) groups is 1. The molecule has 3 aromatic heterocycles. The molecule has 0 radical (unpaired) electrons. The van der Waals surface area contributed by atoms with E-state index >= 15 is 0 Å². The summed E-state index contributed by atoms with van der Waals surface area (Å²) in [7, 11) is 0. The van der Waals surface area contributed by atoms with Crippen LogP contribution in [0.25, 0.3) is 11.0 Å². The minimum atomic E-state index is -0.407. The fourth-order valence-corrected chi connectivity index (χ4v) is 3.60. The SMILES string of the molecule is O=C(Nc1ccc2oc(=O)ccc2c1)c1cccnc1SCc1ccncc1. The molecule has 6 nitrogen and oxygen atoms in total. The third-order valence-electron chi connectivity index (χ3n) is 4.02. The molecule has 0 aliphatic carbocycles. The summed E-state index contributed by atoms with van der Waals surface area (Å²) in [6, 6.07) is 15.5. The highest BCUT2D eigenvalue weighted by atomic mass is 32.2. The van der Waals surface area contributed by atoms with E-state index in [0.717, 1.165) is 10.9 Å². The lowest BCUT2D eigenvalue weighted by Crippen LogP contribution is -2.13. The van der Waals surface area contributed by atoms with Gasteiger partial charge in [-0.25, -0.2) is 9.78 Å². The van der Waals surface area contributed by atoms with E-state index in [1.807, 2.05) is 12.1 Å². The first-order chi connectivity index (χ1) is 13.7. The summed E-state index contributed by atoms with van der Waals surface area (Å²) in [5, 5.41) is 4.27. The monoisotopic (exact) mass is 389 g/mol. The molecule has 1 amide bonds. The summed E-state index contributed by atoms with van der Waals surface area (Å²) >= 11 is 1.49. The van der Waals surface area contributed by atoms with Crippen LogP contribution in [0.1, 0.15) is 15.9 Å². The zero-order chi connectivity index (χ0) is 19.3. The number of amides is 1. The van der Waals surface area contributed by atoms with Crippen molar-refractivity contribution < 1.29 is 9.21 Å². The van der Waals surface area contributed by atoms with Crippen molar-refractivity contribution in [3.05, 3.63) is 94.7 Å². The Hall–Kier alpha value is -3.45. The van der Waals surface area contributed by atoms with Crippen LogP contribution in [0, 0.1) is 0 Å². The van der Waals surface area contributed by atoms with Crippen molar-refractivity contribution in [1.29, 1.82) is 0 Å². The van der Waals surface area contributed by atoms with E-state index in [1.54, 1.807) is 55.0 Å². The second-order valence-electron chi connectivity index (χ2n) is 5.96. The predicted molar refractivity (Wildman–Crippen MR) is 108 cm³/mol. The van der Waals surface area contributed by atoms with Gasteiger partial charge >= 0.3 is 5.63 Å². The van der Waals surface area contributed by atoms with Gasteiger partial charge in [0.1, 0.15) is 10.6 Å². The van der Waals surface area contributed by atoms with E-state index in [2.05, 4.69) is 15.3 Å². The molecule has 0 unspecified atom stereocenters. The third-order valence-corrected chi connectivity index (χ3v) is 5.09. The summed E-state index contributed by atoms with van der Waals surface area (Å²) in [5.41, 5.74) is 2.28. The summed E-state index contributed by atoms with van der Waals surface area (Å²) in [4.78, 5) is 32.4. The van der Waals surface area contributed by atoms with Gasteiger partial charge in [-0.05, 0) is 54.1 Å². The second kappa shape index (κ2) is 8.06. The highest BCUT2D eigenvalue weighted by molar-refractivity contribution is 7.98. The highest BCUT2D eigenvalue weighted by Crippen LogP contribution is 2.25. The first-order valence-electron chi connectivity index (χ1n) is 8.51. The fourth-order valence-electron chi connectivity index (χ4n) is 2.66. The van der Waals surface area contributed by atoms with E-state index in [0.29, 0.717) is 27.6 Å². The van der Waals surface area contributed by atoms with E-state index in [4.69, 9.17) is 4.42 Å². The first kappa shape index (κ1) is 17.9. The standard InChI is InChI=1S/C21H15N3O3S/c25-19-6-3-15-12-16(4-5-18(15)27-19)24-20(26)17-2-1-9-23-21(17)28-13-14-7-10-22-11-8-14/h1-12H,13H2,(H,24,26). The zero-order valence-electron chi connectivity index (χ0n) is 14.7. The van der Waals surface area contributed by atoms with Gasteiger partial charge in [-0.15, -0.1) is 11.8 Å². The average Bonchev–Trinajstić information content (AvgIpc) is 2.73. The Labute approximate surface area is 164 Å². The average molecular weight is 389 g/mol. The van der Waals surface area contributed by atoms with Gasteiger partial charge in [0.2, 0.25) is 0 Å². The van der Waals surface area contributed by atoms with E-state index in [1.165, 1.54) is 17.8 Å². The summed E-state index contributed by atoms with van der Waals surface area (Å²) in [5.74, 6) is 0.441. The molecule has 1 N–H and O–H groups in total. The van der Waals surface area contributed by atoms with Gasteiger partial charge in [0.15, 0.2) is 0 Å². The normalized spacial score (nSPS) is 10.7. The molecule has 0 aliphatic heterocycles. The van der Waals surface area contributed by atoms with Crippen molar-refractivity contribution in [3.63, 3.8) is 0 Å². The number of pyridine rings is 2. The predicted octanol–water partition coefficient (Wildman–Crippen LogP) is 4.13. The molecule has 3 heterocycles. The van der Waals surface area contributed by atoms with E-state index < -0.39 is 5.63 Å². The van der Waals surface area contributed by atoms with Gasteiger partial charge in [-0.1, -0.05) is 0 Å². The zero-order valence-corrected chi connectivity index (χ0v) is 15.5. The third kappa shape index (κ3) is 4.10. The fraction of sp³-hybridized carbons (Fsp3) is 0.0476. The number of carbonyl (C=O) groups excluding carboxylic acids is 1. The largest absolute Gasteiger partial charge is 0.423 e. The van der Waals surface area contributed by atoms with Crippen LogP contribution >= 0.6 is 11.8 Å². The van der Waals surface area contributed by atoms with Crippen LogP contribution < -0.4 is 10.9 Å². The van der Waals surface area contributed by atoms with Gasteiger partial charge in [-0.2, -0.15) is 0 Å². The lowest BCUT2D eigenvalue weighted by molar-refractivity contribution is 0.102. The van der Waals surface area contributed by atoms with Gasteiger partial charge in [0.25, 0.3) is 5.91 Å². The van der Waals surface area contributed by atoms with Crippen LogP contribution in [-0.2, 0) is 5.75 Å². The molecule has 0 fully saturated rings. The number of benzene rings is 1. The van der Waals surface area contributed by atoms with Crippen molar-refractivity contribution in [3.8, 4) is 0 Å². The molecule has 0 saturated carbocycles. The number of nitrogens with one attached hydrogen (secondary N) is 1. The number of hydrogen-bond acceptors (Lipinski definition) is 6. The number of fused-ring (bicyclic) bond motifs is 1. The molecule has 0 saturated heterocycles. The smallest absolute Gasteiger partial charge is 0.336 e. The van der Waals surface area contributed by atoms with Crippen LogP contribution in [0.15, 0.2) is 87.4 Å². The second-order valence-corrected chi connectivity index (χ2v) is 6.93. The Morgan fingerprint density at radius 1 is 1.04 bits per heavy atom. The number of aromatic nitrogens is 2. The lowest BCUT2D eigenvalue weighted by Gasteiger charge is -2.09. The Bertz CT molecular complexity index is 1190. The topological polar surface area (TPSA) is 85.1 Å². The van der Waals surface area contributed by atoms with E-state index in [9.17, 15) is 9.59 Å². The van der Waals surface area contributed by atoms with Crippen molar-refractivity contribution in [2.75, 3.05) is 5.32 Å².